The zero-order valence-electron chi connectivity index (χ0n) is 16.2. The number of methoxy groups -OCH3 is 1. The summed E-state index contributed by atoms with van der Waals surface area (Å²) in [5.41, 5.74) is 1.68. The summed E-state index contributed by atoms with van der Waals surface area (Å²) < 4.78 is 5.09. The fraction of sp³-hybridized carbons (Fsp3) is 0.500. The van der Waals surface area contributed by atoms with Crippen LogP contribution in [-0.2, 0) is 9.59 Å². The van der Waals surface area contributed by atoms with Crippen LogP contribution in [0.1, 0.15) is 45.4 Å². The summed E-state index contributed by atoms with van der Waals surface area (Å²) in [4.78, 5) is 24.4. The molecular weight excluding hydrogens is 376 g/mol. The average molecular weight is 403 g/mol. The lowest BCUT2D eigenvalue weighted by molar-refractivity contribution is -0.122. The third kappa shape index (κ3) is 5.58. The van der Waals surface area contributed by atoms with Gasteiger partial charge in [0.2, 0.25) is 11.8 Å². The first-order valence-corrected chi connectivity index (χ1v) is 10.5. The van der Waals surface area contributed by atoms with Crippen LogP contribution in [0, 0.1) is 5.92 Å². The van der Waals surface area contributed by atoms with Gasteiger partial charge in [-0.2, -0.15) is 5.10 Å². The molecular formula is C20H26N4O3S. The molecule has 0 aromatic heterocycles. The number of benzene rings is 1. The highest BCUT2D eigenvalue weighted by atomic mass is 32.2. The van der Waals surface area contributed by atoms with E-state index in [1.165, 1.54) is 31.0 Å². The van der Waals surface area contributed by atoms with Crippen molar-refractivity contribution >= 4 is 40.1 Å². The topological polar surface area (TPSA) is 92.2 Å². The number of anilines is 1. The van der Waals surface area contributed by atoms with Crippen molar-refractivity contribution in [1.29, 1.82) is 0 Å². The highest BCUT2D eigenvalue weighted by Gasteiger charge is 2.32. The van der Waals surface area contributed by atoms with Gasteiger partial charge in [-0.05, 0) is 49.9 Å². The van der Waals surface area contributed by atoms with Crippen molar-refractivity contribution in [2.75, 3.05) is 12.4 Å². The Balaban J connectivity index is 1.52. The molecule has 1 saturated carbocycles. The smallest absolute Gasteiger partial charge is 0.240 e. The second-order valence-corrected chi connectivity index (χ2v) is 8.25. The van der Waals surface area contributed by atoms with Crippen LogP contribution in [0.15, 0.2) is 34.5 Å². The lowest BCUT2D eigenvalue weighted by Crippen LogP contribution is -2.28. The number of carbonyl (C=O) groups excluding carboxylic acids is 2. The van der Waals surface area contributed by atoms with Gasteiger partial charge in [0.1, 0.15) is 11.0 Å². The first-order chi connectivity index (χ1) is 13.5. The van der Waals surface area contributed by atoms with Crippen LogP contribution in [-0.4, -0.2) is 35.1 Å². The Kier molecular flexibility index (Phi) is 7.08. The molecule has 1 aromatic rings. The highest BCUT2D eigenvalue weighted by Crippen LogP contribution is 2.26. The van der Waals surface area contributed by atoms with Crippen molar-refractivity contribution in [3.8, 4) is 5.75 Å². The molecule has 1 atom stereocenters. The zero-order chi connectivity index (χ0) is 19.9. The number of hydrogen-bond acceptors (Lipinski definition) is 6. The zero-order valence-corrected chi connectivity index (χ0v) is 17.1. The van der Waals surface area contributed by atoms with Gasteiger partial charge in [-0.1, -0.05) is 31.0 Å². The number of rotatable bonds is 6. The molecule has 1 saturated heterocycles. The summed E-state index contributed by atoms with van der Waals surface area (Å²) in [5.74, 6) is 0.778. The Morgan fingerprint density at radius 2 is 1.96 bits per heavy atom. The minimum Gasteiger partial charge on any atom is -0.497 e. The first-order valence-electron chi connectivity index (χ1n) is 9.58. The minimum atomic E-state index is -0.498. The van der Waals surface area contributed by atoms with Gasteiger partial charge in [-0.15, -0.1) is 5.10 Å². The summed E-state index contributed by atoms with van der Waals surface area (Å²) >= 11 is 1.25. The number of carbonyl (C=O) groups is 2. The number of nitrogens with zero attached hydrogens (tertiary/aromatic N) is 2. The van der Waals surface area contributed by atoms with E-state index < -0.39 is 5.25 Å². The van der Waals surface area contributed by atoms with Crippen molar-refractivity contribution in [3.05, 3.63) is 24.3 Å². The number of nitrogens with one attached hydrogen (secondary N) is 2. The normalized spacial score (nSPS) is 22.2. The SMILES string of the molecule is COc1ccc(NC(=O)C[C@H]2S/C(=N/N=C(/C)C3CCCCC3)NC2=O)cc1. The predicted molar refractivity (Wildman–Crippen MR) is 113 cm³/mol. The van der Waals surface area contributed by atoms with Gasteiger partial charge in [0.25, 0.3) is 0 Å². The van der Waals surface area contributed by atoms with E-state index in [-0.39, 0.29) is 18.2 Å². The molecule has 0 radical (unpaired) electrons. The average Bonchev–Trinajstić information content (AvgIpc) is 3.06. The van der Waals surface area contributed by atoms with E-state index in [0.717, 1.165) is 18.6 Å². The molecule has 0 bridgehead atoms. The van der Waals surface area contributed by atoms with Gasteiger partial charge >= 0.3 is 0 Å². The van der Waals surface area contributed by atoms with Crippen molar-refractivity contribution in [1.82, 2.24) is 5.32 Å². The summed E-state index contributed by atoms with van der Waals surface area (Å²) in [7, 11) is 1.59. The van der Waals surface area contributed by atoms with Crippen molar-refractivity contribution in [2.45, 2.75) is 50.7 Å². The fourth-order valence-corrected chi connectivity index (χ4v) is 4.29. The fourth-order valence-electron chi connectivity index (χ4n) is 3.37. The van der Waals surface area contributed by atoms with E-state index in [1.807, 2.05) is 6.92 Å². The van der Waals surface area contributed by atoms with Crippen LogP contribution in [0.3, 0.4) is 0 Å². The summed E-state index contributed by atoms with van der Waals surface area (Å²) in [6.07, 6.45) is 6.18. The Labute approximate surface area is 169 Å². The molecule has 2 aliphatic rings. The Bertz CT molecular complexity index is 770. The molecule has 2 amide bonds. The van der Waals surface area contributed by atoms with Gasteiger partial charge in [-0.25, -0.2) is 0 Å². The van der Waals surface area contributed by atoms with Gasteiger partial charge in [0.15, 0.2) is 5.17 Å². The number of amides is 2. The molecule has 2 N–H and O–H groups in total. The Morgan fingerprint density at radius 1 is 1.25 bits per heavy atom. The standard InChI is InChI=1S/C20H26N4O3S/c1-13(14-6-4-3-5-7-14)23-24-20-22-19(26)17(28-20)12-18(25)21-15-8-10-16(27-2)11-9-15/h8-11,14,17H,3-7,12H2,1-2H3,(H,21,25)(H,22,24,26)/b23-13-/t17-/m1/s1. The van der Waals surface area contributed by atoms with Crippen molar-refractivity contribution < 1.29 is 14.3 Å². The van der Waals surface area contributed by atoms with Crippen molar-refractivity contribution in [3.63, 3.8) is 0 Å². The molecule has 1 aliphatic heterocycles. The molecule has 28 heavy (non-hydrogen) atoms. The van der Waals surface area contributed by atoms with Crippen LogP contribution in [0.4, 0.5) is 5.69 Å². The largest absolute Gasteiger partial charge is 0.497 e. The van der Waals surface area contributed by atoms with Crippen LogP contribution < -0.4 is 15.4 Å². The van der Waals surface area contributed by atoms with Gasteiger partial charge in [0.05, 0.1) is 7.11 Å². The van der Waals surface area contributed by atoms with E-state index in [9.17, 15) is 9.59 Å². The third-order valence-electron chi connectivity index (χ3n) is 5.02. The number of hydrogen-bond donors (Lipinski definition) is 2. The maximum atomic E-state index is 12.2. The summed E-state index contributed by atoms with van der Waals surface area (Å²) in [5, 5.41) is 14.0. The summed E-state index contributed by atoms with van der Waals surface area (Å²) in [6.45, 7) is 2.00. The molecule has 0 unspecified atom stereocenters. The molecule has 7 nitrogen and oxygen atoms in total. The van der Waals surface area contributed by atoms with E-state index in [0.29, 0.717) is 22.5 Å². The first kappa shape index (κ1) is 20.4. The predicted octanol–water partition coefficient (Wildman–Crippen LogP) is 3.57. The third-order valence-corrected chi connectivity index (χ3v) is 6.09. The van der Waals surface area contributed by atoms with Crippen LogP contribution in [0.25, 0.3) is 0 Å². The Morgan fingerprint density at radius 3 is 2.64 bits per heavy atom. The molecule has 1 aliphatic carbocycles. The summed E-state index contributed by atoms with van der Waals surface area (Å²) in [6, 6.07) is 7.05. The maximum absolute atomic E-state index is 12.2. The van der Waals surface area contributed by atoms with E-state index in [2.05, 4.69) is 20.8 Å². The monoisotopic (exact) mass is 402 g/mol. The highest BCUT2D eigenvalue weighted by molar-refractivity contribution is 8.15. The number of thioether (sulfide) groups is 1. The quantitative estimate of drug-likeness (QED) is 0.562. The van der Waals surface area contributed by atoms with Crippen LogP contribution in [0.5, 0.6) is 5.75 Å². The van der Waals surface area contributed by atoms with Crippen LogP contribution in [0.2, 0.25) is 0 Å². The van der Waals surface area contributed by atoms with E-state index in [4.69, 9.17) is 4.74 Å². The molecule has 8 heteroatoms. The maximum Gasteiger partial charge on any atom is 0.240 e. The molecule has 150 valence electrons. The van der Waals surface area contributed by atoms with Crippen LogP contribution >= 0.6 is 11.8 Å². The Hall–Kier alpha value is -2.35. The molecule has 1 heterocycles. The molecule has 2 fully saturated rings. The number of amidine groups is 1. The van der Waals surface area contributed by atoms with Gasteiger partial charge in [0, 0.05) is 17.8 Å². The second kappa shape index (κ2) is 9.73. The van der Waals surface area contributed by atoms with Gasteiger partial charge in [-0.3, -0.25) is 9.59 Å². The minimum absolute atomic E-state index is 0.0763. The lowest BCUT2D eigenvalue weighted by atomic mass is 9.86. The second-order valence-electron chi connectivity index (χ2n) is 7.06. The van der Waals surface area contributed by atoms with Crippen molar-refractivity contribution in [2.24, 2.45) is 16.1 Å². The number of ether oxygens (including phenoxy) is 1. The van der Waals surface area contributed by atoms with E-state index >= 15 is 0 Å². The molecule has 3 rings (SSSR count). The lowest BCUT2D eigenvalue weighted by Gasteiger charge is -2.20. The molecule has 0 spiro atoms. The molecule has 1 aromatic carbocycles. The van der Waals surface area contributed by atoms with E-state index in [1.54, 1.807) is 31.4 Å². The van der Waals surface area contributed by atoms with Gasteiger partial charge < -0.3 is 15.4 Å².